The maximum absolute atomic E-state index is 13.3. The monoisotopic (exact) mass is 1990 g/mol. The van der Waals surface area contributed by atoms with Crippen molar-refractivity contribution >= 4 is 91.4 Å². The van der Waals surface area contributed by atoms with E-state index in [1.165, 1.54) is 176 Å². The van der Waals surface area contributed by atoms with Gasteiger partial charge in [0.1, 0.15) is 34.7 Å². The number of hydrogen-bond acceptors (Lipinski definition) is 18. The largest absolute Gasteiger partial charge is 0.340 e. The molecule has 17 aliphatic rings. The minimum atomic E-state index is -0.566. The lowest BCUT2D eigenvalue weighted by atomic mass is 9.86. The molecule has 13 aromatic rings. The van der Waals surface area contributed by atoms with Crippen molar-refractivity contribution in [3.63, 3.8) is 0 Å². The van der Waals surface area contributed by atoms with Gasteiger partial charge in [0, 0.05) is 202 Å². The number of benzene rings is 1. The van der Waals surface area contributed by atoms with Crippen LogP contribution in [0.4, 0.5) is 0 Å². The Balaban J connectivity index is 0.0000000933. The first-order valence-electron chi connectivity index (χ1n) is 55.5. The summed E-state index contributed by atoms with van der Waals surface area (Å²) in [5.41, 5.74) is 34.2. The lowest BCUT2D eigenvalue weighted by molar-refractivity contribution is -0.142. The first kappa shape index (κ1) is 96.1. The second kappa shape index (κ2) is 39.0. The number of likely N-dealkylation sites (tertiary alicyclic amines) is 2. The van der Waals surface area contributed by atoms with Crippen LogP contribution in [0, 0.1) is 59.3 Å². The molecule has 2 amide bonds. The van der Waals surface area contributed by atoms with Gasteiger partial charge in [-0.1, -0.05) is 150 Å². The molecule has 150 heavy (non-hydrogen) atoms. The minimum Gasteiger partial charge on any atom is -0.340 e. The molecule has 27 heteroatoms. The number of nitrogens with zero attached hydrogens (tertiary/aromatic N) is 22. The summed E-state index contributed by atoms with van der Waals surface area (Å²) >= 11 is 0. The van der Waals surface area contributed by atoms with Crippen LogP contribution in [0.25, 0.3) is 123 Å². The zero-order chi connectivity index (χ0) is 102. The summed E-state index contributed by atoms with van der Waals surface area (Å²) in [6, 6.07) is 15.2. The van der Waals surface area contributed by atoms with Crippen LogP contribution in [0.5, 0.6) is 0 Å². The Morgan fingerprint density at radius 3 is 1.29 bits per heavy atom. The van der Waals surface area contributed by atoms with Gasteiger partial charge in [-0.2, -0.15) is 35.9 Å². The number of ketones is 3. The predicted octanol–water partition coefficient (Wildman–Crippen LogP) is 21.5. The topological polar surface area (TPSA) is 304 Å². The number of carbonyl (C=O) groups excluding carboxylic acids is 5. The molecule has 0 bridgehead atoms. The number of allylic oxidation sites excluding steroid dienone is 10. The van der Waals surface area contributed by atoms with E-state index in [1.54, 1.807) is 22.0 Å². The third-order valence-electron chi connectivity index (χ3n) is 35.9. The Bertz CT molecular complexity index is 8000. The number of amides is 2. The lowest BCUT2D eigenvalue weighted by Crippen LogP contribution is -2.55. The highest BCUT2D eigenvalue weighted by Gasteiger charge is 2.48. The number of carbonyl (C=O) groups is 5. The van der Waals surface area contributed by atoms with E-state index in [4.69, 9.17) is 32.1 Å². The SMILES string of the molecule is C=c1c2c3c(nccc3c3cn(C(C(=O)N4CC(C)C4)C(C)C)nc13)CC=2.CCC(C1CCCC1)n1ncc2c1CC1=CCc3nccc-2c31.CC[C@@H](C1CCCC1)n1ncc2c1C(=O)C1=CCc3nccc-2c31.CC[C@H](C1CCCC1)n1ncc2c1C(=O)C1=CCc3nccc-2c31.N#CCC(C1CCCC1)n1cc2c(n1)CC1=CCc3nccc-2c31.[C-]#[N+]C1CN(C(=O)C(C(C)C)n2ncc3c2C(=O)C2=CCc4nccc-3c42)C1. The first-order valence-corrected chi connectivity index (χ1v) is 55.5. The van der Waals surface area contributed by atoms with Gasteiger partial charge in [0.2, 0.25) is 29.2 Å². The average Bonchev–Trinajstić information content (AvgIpc) is 1.58. The molecule has 30 rings (SSSR count). The molecular weight excluding hydrogens is 1870 g/mol. The van der Waals surface area contributed by atoms with Crippen LogP contribution < -0.4 is 10.4 Å². The molecule has 0 radical (unpaired) electrons. The summed E-state index contributed by atoms with van der Waals surface area (Å²) in [5.74, 6) is 3.72. The smallest absolute Gasteiger partial charge is 0.258 e. The molecule has 4 saturated carbocycles. The molecule has 6 atom stereocenters. The average molecular weight is 1990 g/mol. The van der Waals surface area contributed by atoms with Gasteiger partial charge in [-0.25, -0.2) is 11.3 Å². The molecule has 0 spiro atoms. The Morgan fingerprint density at radius 1 is 0.427 bits per heavy atom. The van der Waals surface area contributed by atoms with Gasteiger partial charge in [0.05, 0.1) is 120 Å². The number of rotatable bonds is 18. The van der Waals surface area contributed by atoms with E-state index >= 15 is 0 Å². The summed E-state index contributed by atoms with van der Waals surface area (Å²) in [4.78, 5) is 100. The van der Waals surface area contributed by atoms with Gasteiger partial charge in [-0.05, 0) is 198 Å². The highest BCUT2D eigenvalue weighted by Crippen LogP contribution is 2.54. The van der Waals surface area contributed by atoms with Crippen molar-refractivity contribution in [3.05, 3.63) is 253 Å². The van der Waals surface area contributed by atoms with Crippen LogP contribution in [-0.2, 0) is 61.0 Å². The third-order valence-corrected chi connectivity index (χ3v) is 35.9. The number of pyridine rings is 6. The van der Waals surface area contributed by atoms with Crippen molar-refractivity contribution in [2.24, 2.45) is 41.4 Å². The summed E-state index contributed by atoms with van der Waals surface area (Å²) in [7, 11) is 0. The van der Waals surface area contributed by atoms with E-state index in [9.17, 15) is 29.2 Å². The van der Waals surface area contributed by atoms with Gasteiger partial charge in [0.25, 0.3) is 6.04 Å². The molecular formula is C123H128N22O5. The fourth-order valence-electron chi connectivity index (χ4n) is 28.6. The molecule has 4 unspecified atom stereocenters. The van der Waals surface area contributed by atoms with E-state index < -0.39 is 6.04 Å². The molecule has 2 aliphatic heterocycles. The van der Waals surface area contributed by atoms with Gasteiger partial charge < -0.3 is 14.6 Å². The maximum atomic E-state index is 13.3. The Hall–Kier alpha value is -14.7. The molecule has 27 nitrogen and oxygen atoms in total. The van der Waals surface area contributed by atoms with Crippen molar-refractivity contribution in [3.8, 4) is 61.7 Å². The zero-order valence-corrected chi connectivity index (χ0v) is 87.2. The molecule has 0 N–H and O–H groups in total. The quantitative estimate of drug-likeness (QED) is 0.0721. The number of Topliss-reactive ketones (excluding diaryl/α,β-unsaturated/α-hetero) is 3. The van der Waals surface area contributed by atoms with Crippen LogP contribution in [0.15, 0.2) is 141 Å². The van der Waals surface area contributed by atoms with Crippen LogP contribution >= 0.6 is 0 Å². The van der Waals surface area contributed by atoms with E-state index in [-0.39, 0.29) is 59.1 Å². The van der Waals surface area contributed by atoms with Crippen molar-refractivity contribution in [2.75, 3.05) is 26.2 Å². The van der Waals surface area contributed by atoms with Crippen molar-refractivity contribution in [1.82, 2.24) is 98.4 Å². The van der Waals surface area contributed by atoms with Crippen LogP contribution in [0.1, 0.15) is 325 Å². The summed E-state index contributed by atoms with van der Waals surface area (Å²) in [5, 5.41) is 43.4. The van der Waals surface area contributed by atoms with Gasteiger partial charge in [-0.15, -0.1) is 0 Å². The Kier molecular flexibility index (Phi) is 25.0. The zero-order valence-electron chi connectivity index (χ0n) is 87.2. The number of aromatic nitrogens is 18. The van der Waals surface area contributed by atoms with Gasteiger partial charge in [0.15, 0.2) is 0 Å². The summed E-state index contributed by atoms with van der Waals surface area (Å²) in [6.45, 7) is 31.0. The van der Waals surface area contributed by atoms with Gasteiger partial charge >= 0.3 is 0 Å². The Morgan fingerprint density at radius 2 is 0.820 bits per heavy atom. The Labute approximate surface area is 873 Å². The second-order valence-corrected chi connectivity index (χ2v) is 45.2. The first-order chi connectivity index (χ1) is 73.3. The molecule has 6 fully saturated rings. The van der Waals surface area contributed by atoms with E-state index in [0.29, 0.717) is 79.0 Å². The van der Waals surface area contributed by atoms with Gasteiger partial charge in [-0.3, -0.25) is 77.3 Å². The van der Waals surface area contributed by atoms with Crippen LogP contribution in [0.3, 0.4) is 0 Å². The van der Waals surface area contributed by atoms with Crippen LogP contribution in [0.2, 0.25) is 0 Å². The molecule has 760 valence electrons. The van der Waals surface area contributed by atoms with Crippen molar-refractivity contribution < 1.29 is 24.0 Å². The number of fused-ring (bicyclic) bond motifs is 12. The summed E-state index contributed by atoms with van der Waals surface area (Å²) < 4.78 is 12.1. The third kappa shape index (κ3) is 16.0. The highest BCUT2D eigenvalue weighted by atomic mass is 16.2. The fourth-order valence-corrected chi connectivity index (χ4v) is 28.6. The summed E-state index contributed by atoms with van der Waals surface area (Å²) in [6.07, 6.45) is 67.5. The molecule has 14 heterocycles. The molecule has 1 aromatic carbocycles. The normalized spacial score (nSPS) is 19.2. The maximum Gasteiger partial charge on any atom is 0.258 e. The predicted molar refractivity (Wildman–Crippen MR) is 580 cm³/mol. The van der Waals surface area contributed by atoms with Crippen molar-refractivity contribution in [1.29, 1.82) is 5.26 Å². The second-order valence-electron chi connectivity index (χ2n) is 45.2. The molecule has 15 aliphatic carbocycles. The van der Waals surface area contributed by atoms with E-state index in [0.717, 1.165) is 205 Å². The standard InChI is InChI=1S/C22H24N4O.C21H19N5O2.C20H20N4.2C20H21N3O.C20H23N3/c1-12(2)21(22(27)25-9-13(3)10-25)26-11-17-16-7-8-23-18-6-5-15(19(16)18)14(4)20(17)24-26;1-11(2)18(21(28)25-9-12(10-25)22-3)26-19-15(8-24-26)13-6-7-23-16-5-4-14(17(13)16)20(19)27;21-9-7-19(13-3-1-2-4-13)24-12-16-15-8-10-22-17-6-5-14(20(15)17)11-18(16)23-24;2*1-2-17(12-5-3-4-6-12)23-19-15(11-22-23)13-9-10-21-16-8-7-14(18(13)16)20(19)24;1-2-18(13-5-3-4-6-13)23-19-11-14-7-8-17-20(14)15(9-10-21-17)16(19)12-22-23/h5,7-8,11-13,21H,4,6,9-10H2,1-3H3;4,6-8,11-12,18H,5,9-10H2,1-2H3;5,8,10,12-13,19H,1-4,6-7,11H2;2*7,9-12,17H,2-6,8H2,1H3;7,9-10,12-13,18H,2-6,8,11H2,1H3/t;;;2*17-;/m...10./s1. The van der Waals surface area contributed by atoms with E-state index in [2.05, 4.69) is 162 Å². The number of hydrogen-bond donors (Lipinski definition) is 0. The fraction of sp³-hybridized carbons (Fsp3) is 0.439. The van der Waals surface area contributed by atoms with Crippen molar-refractivity contribution in [2.45, 2.75) is 277 Å². The van der Waals surface area contributed by atoms with Crippen LogP contribution in [-0.4, -0.2) is 160 Å². The highest BCUT2D eigenvalue weighted by molar-refractivity contribution is 6.36. The number of nitriles is 1. The molecule has 2 saturated heterocycles. The minimum absolute atomic E-state index is 0.0387. The molecule has 12 aromatic heterocycles. The van der Waals surface area contributed by atoms with E-state index in [1.807, 2.05) is 109 Å². The lowest BCUT2D eigenvalue weighted by Gasteiger charge is -2.40.